The van der Waals surface area contributed by atoms with E-state index in [1.165, 1.54) is 0 Å². The maximum Gasteiger partial charge on any atom is 0.405 e. The van der Waals surface area contributed by atoms with E-state index in [2.05, 4.69) is 4.98 Å². The quantitative estimate of drug-likeness (QED) is 0.805. The smallest absolute Gasteiger partial charge is 0.405 e. The van der Waals surface area contributed by atoms with Crippen LogP contribution in [-0.4, -0.2) is 23.1 Å². The summed E-state index contributed by atoms with van der Waals surface area (Å²) in [6.07, 6.45) is -0.324. The lowest BCUT2D eigenvalue weighted by Gasteiger charge is -2.34. The Hall–Kier alpha value is -2.50. The van der Waals surface area contributed by atoms with Crippen molar-refractivity contribution in [2.24, 2.45) is 16.9 Å². The van der Waals surface area contributed by atoms with Crippen LogP contribution >= 0.6 is 0 Å². The molecule has 118 valence electrons. The number of aromatic nitrogens is 1. The first-order chi connectivity index (χ1) is 10.2. The minimum atomic E-state index is -1.13. The zero-order valence-corrected chi connectivity index (χ0v) is 12.9. The monoisotopic (exact) mass is 303 g/mol. The molecule has 0 spiro atoms. The Labute approximate surface area is 128 Å². The molecule has 6 nitrogen and oxygen atoms in total. The standard InChI is InChI=1S/C16H21N3O3/c1-16(2,3)12(13(14(17)20)22-15(18)21)10-8-19-11-7-5-4-6-9(10)11/h4-8,12-13,19H,1-3H3,(H2,17,20)(H2,18,21)/t12-,13?/m0/s1. The van der Waals surface area contributed by atoms with Gasteiger partial charge < -0.3 is 21.2 Å². The first kappa shape index (κ1) is 15.9. The van der Waals surface area contributed by atoms with Gasteiger partial charge in [0.15, 0.2) is 6.10 Å². The van der Waals surface area contributed by atoms with Gasteiger partial charge in [0, 0.05) is 23.0 Å². The summed E-state index contributed by atoms with van der Waals surface area (Å²) >= 11 is 0. The molecular weight excluding hydrogens is 282 g/mol. The number of nitrogens with one attached hydrogen (secondary N) is 1. The molecule has 0 saturated carbocycles. The summed E-state index contributed by atoms with van der Waals surface area (Å²) in [6.45, 7) is 5.87. The van der Waals surface area contributed by atoms with E-state index in [1.54, 1.807) is 0 Å². The van der Waals surface area contributed by atoms with Gasteiger partial charge in [0.05, 0.1) is 0 Å². The minimum absolute atomic E-state index is 0.375. The molecule has 0 aliphatic heterocycles. The average molecular weight is 303 g/mol. The SMILES string of the molecule is CC(C)(C)[C@@H](c1c[nH]c2ccccc12)C(OC(N)=O)C(N)=O. The molecule has 0 fully saturated rings. The maximum atomic E-state index is 11.8. The fourth-order valence-electron chi connectivity index (χ4n) is 2.85. The van der Waals surface area contributed by atoms with Crippen LogP contribution in [0.4, 0.5) is 4.79 Å². The molecule has 1 unspecified atom stereocenters. The van der Waals surface area contributed by atoms with E-state index in [-0.39, 0.29) is 5.41 Å². The third-order valence-corrected chi connectivity index (χ3v) is 3.72. The number of ether oxygens (including phenoxy) is 1. The molecule has 2 atom stereocenters. The third-order valence-electron chi connectivity index (χ3n) is 3.72. The van der Waals surface area contributed by atoms with Crippen LogP contribution in [0.5, 0.6) is 0 Å². The highest BCUT2D eigenvalue weighted by Gasteiger charge is 2.40. The number of hydrogen-bond acceptors (Lipinski definition) is 3. The average Bonchev–Trinajstić information content (AvgIpc) is 2.80. The summed E-state index contributed by atoms with van der Waals surface area (Å²) in [5.41, 5.74) is 12.0. The van der Waals surface area contributed by atoms with Crippen LogP contribution in [0.1, 0.15) is 32.3 Å². The van der Waals surface area contributed by atoms with Crippen molar-refractivity contribution in [3.05, 3.63) is 36.0 Å². The topological polar surface area (TPSA) is 111 Å². The number of para-hydroxylation sites is 1. The summed E-state index contributed by atoms with van der Waals surface area (Å²) in [4.78, 5) is 26.2. The number of hydrogen-bond donors (Lipinski definition) is 3. The molecule has 1 heterocycles. The number of rotatable bonds is 4. The number of H-pyrrole nitrogens is 1. The molecule has 2 amide bonds. The molecule has 0 aliphatic carbocycles. The van der Waals surface area contributed by atoms with Gasteiger partial charge in [-0.25, -0.2) is 4.79 Å². The van der Waals surface area contributed by atoms with Crippen molar-refractivity contribution in [3.8, 4) is 0 Å². The van der Waals surface area contributed by atoms with Crippen molar-refractivity contribution in [1.82, 2.24) is 4.98 Å². The Balaban J connectivity index is 2.59. The summed E-state index contributed by atoms with van der Waals surface area (Å²) < 4.78 is 5.02. The fraction of sp³-hybridized carbons (Fsp3) is 0.375. The zero-order valence-electron chi connectivity index (χ0n) is 12.9. The lowest BCUT2D eigenvalue weighted by Crippen LogP contribution is -2.43. The number of benzene rings is 1. The highest BCUT2D eigenvalue weighted by Crippen LogP contribution is 2.41. The lowest BCUT2D eigenvalue weighted by molar-refractivity contribution is -0.128. The first-order valence-electron chi connectivity index (χ1n) is 7.03. The van der Waals surface area contributed by atoms with Gasteiger partial charge >= 0.3 is 6.09 Å². The van der Waals surface area contributed by atoms with Gasteiger partial charge in [0.1, 0.15) is 0 Å². The second-order valence-corrected chi connectivity index (χ2v) is 6.39. The number of fused-ring (bicyclic) bond motifs is 1. The Morgan fingerprint density at radius 1 is 1.18 bits per heavy atom. The Morgan fingerprint density at radius 3 is 2.36 bits per heavy atom. The van der Waals surface area contributed by atoms with E-state index < -0.39 is 24.0 Å². The van der Waals surface area contributed by atoms with E-state index in [9.17, 15) is 9.59 Å². The Bertz CT molecular complexity index is 700. The number of carbonyl (C=O) groups is 2. The van der Waals surface area contributed by atoms with E-state index >= 15 is 0 Å². The fourth-order valence-corrected chi connectivity index (χ4v) is 2.85. The second kappa shape index (κ2) is 5.71. The molecule has 1 aromatic heterocycles. The summed E-state index contributed by atoms with van der Waals surface area (Å²) in [5, 5.41) is 0.960. The van der Waals surface area contributed by atoms with Crippen LogP contribution in [-0.2, 0) is 9.53 Å². The molecule has 22 heavy (non-hydrogen) atoms. The maximum absolute atomic E-state index is 11.8. The van der Waals surface area contributed by atoms with E-state index in [4.69, 9.17) is 16.2 Å². The van der Waals surface area contributed by atoms with Crippen LogP contribution in [0.2, 0.25) is 0 Å². The molecule has 1 aromatic carbocycles. The predicted octanol–water partition coefficient (Wildman–Crippen LogP) is 2.25. The minimum Gasteiger partial charge on any atom is -0.436 e. The Kier molecular flexibility index (Phi) is 4.12. The van der Waals surface area contributed by atoms with Crippen molar-refractivity contribution < 1.29 is 14.3 Å². The molecular formula is C16H21N3O3. The van der Waals surface area contributed by atoms with Gasteiger partial charge in [-0.05, 0) is 17.0 Å². The highest BCUT2D eigenvalue weighted by molar-refractivity contribution is 5.87. The number of primary amides is 2. The molecule has 0 saturated heterocycles. The number of aromatic amines is 1. The van der Waals surface area contributed by atoms with Crippen molar-refractivity contribution >= 4 is 22.9 Å². The number of carbonyl (C=O) groups excluding carboxylic acids is 2. The van der Waals surface area contributed by atoms with Crippen molar-refractivity contribution in [3.63, 3.8) is 0 Å². The summed E-state index contributed by atoms with van der Waals surface area (Å²) in [6, 6.07) is 7.71. The molecule has 2 rings (SSSR count). The van der Waals surface area contributed by atoms with Gasteiger partial charge in [-0.2, -0.15) is 0 Å². The summed E-state index contributed by atoms with van der Waals surface area (Å²) in [5.74, 6) is -1.14. The summed E-state index contributed by atoms with van der Waals surface area (Å²) in [7, 11) is 0. The van der Waals surface area contributed by atoms with Gasteiger partial charge in [-0.15, -0.1) is 0 Å². The van der Waals surface area contributed by atoms with Crippen LogP contribution in [0.25, 0.3) is 10.9 Å². The van der Waals surface area contributed by atoms with Gasteiger partial charge in [-0.1, -0.05) is 39.0 Å². The van der Waals surface area contributed by atoms with Gasteiger partial charge in [0.25, 0.3) is 5.91 Å². The molecule has 5 N–H and O–H groups in total. The van der Waals surface area contributed by atoms with Crippen molar-refractivity contribution in [2.45, 2.75) is 32.8 Å². The largest absolute Gasteiger partial charge is 0.436 e. The number of amides is 2. The van der Waals surface area contributed by atoms with E-state index in [0.29, 0.717) is 0 Å². The second-order valence-electron chi connectivity index (χ2n) is 6.39. The molecule has 0 bridgehead atoms. The molecule has 0 aliphatic rings. The van der Waals surface area contributed by atoms with Crippen molar-refractivity contribution in [1.29, 1.82) is 0 Å². The van der Waals surface area contributed by atoms with Crippen molar-refractivity contribution in [2.75, 3.05) is 0 Å². The highest BCUT2D eigenvalue weighted by atomic mass is 16.6. The van der Waals surface area contributed by atoms with Crippen LogP contribution in [0.3, 0.4) is 0 Å². The van der Waals surface area contributed by atoms with Crippen LogP contribution in [0, 0.1) is 5.41 Å². The molecule has 2 aromatic rings. The third kappa shape index (κ3) is 3.05. The van der Waals surface area contributed by atoms with E-state index in [0.717, 1.165) is 16.5 Å². The van der Waals surface area contributed by atoms with Gasteiger partial charge in [-0.3, -0.25) is 4.79 Å². The zero-order chi connectivity index (χ0) is 16.5. The van der Waals surface area contributed by atoms with Crippen LogP contribution in [0.15, 0.2) is 30.5 Å². The first-order valence-corrected chi connectivity index (χ1v) is 7.03. The Morgan fingerprint density at radius 2 is 1.82 bits per heavy atom. The molecule has 0 radical (unpaired) electrons. The number of nitrogens with two attached hydrogens (primary N) is 2. The normalized spacial score (nSPS) is 14.5. The van der Waals surface area contributed by atoms with Crippen LogP contribution < -0.4 is 11.5 Å². The predicted molar refractivity (Wildman–Crippen MR) is 84.1 cm³/mol. The molecule has 6 heteroatoms. The van der Waals surface area contributed by atoms with Gasteiger partial charge in [0.2, 0.25) is 0 Å². The van der Waals surface area contributed by atoms with E-state index in [1.807, 2.05) is 51.2 Å². The lowest BCUT2D eigenvalue weighted by atomic mass is 9.73.